The number of quaternary nitrogens is 1. The van der Waals surface area contributed by atoms with Gasteiger partial charge in [-0.15, -0.1) is 11.3 Å². The van der Waals surface area contributed by atoms with Crippen LogP contribution in [0.1, 0.15) is 6.42 Å². The third kappa shape index (κ3) is 4.31. The normalized spacial score (nSPS) is 15.2. The molecule has 1 aromatic carbocycles. The lowest BCUT2D eigenvalue weighted by molar-refractivity contribution is -0.900. The van der Waals surface area contributed by atoms with Gasteiger partial charge in [0.2, 0.25) is 0 Å². The number of ether oxygens (including phenoxy) is 1. The number of nitrogens with zero attached hydrogens (tertiary/aromatic N) is 3. The minimum atomic E-state index is 0.916. The van der Waals surface area contributed by atoms with Gasteiger partial charge in [-0.3, -0.25) is 0 Å². The van der Waals surface area contributed by atoms with E-state index in [1.54, 1.807) is 29.7 Å². The quantitative estimate of drug-likeness (QED) is 0.610. The van der Waals surface area contributed by atoms with Gasteiger partial charge in [0.15, 0.2) is 0 Å². The first-order valence-electron chi connectivity index (χ1n) is 9.48. The molecule has 2 N–H and O–H groups in total. The fraction of sp³-hybridized carbons (Fsp3) is 0.400. The molecule has 1 aliphatic heterocycles. The fourth-order valence-electron chi connectivity index (χ4n) is 3.60. The Kier molecular flexibility index (Phi) is 5.69. The van der Waals surface area contributed by atoms with Crippen molar-refractivity contribution in [1.82, 2.24) is 9.97 Å². The van der Waals surface area contributed by atoms with Crippen molar-refractivity contribution in [3.05, 3.63) is 42.0 Å². The molecule has 0 bridgehead atoms. The Balaban J connectivity index is 1.20. The van der Waals surface area contributed by atoms with Crippen LogP contribution in [0.15, 0.2) is 42.0 Å². The first-order chi connectivity index (χ1) is 13.3. The molecular weight excluding hydrogens is 358 g/mol. The van der Waals surface area contributed by atoms with Crippen LogP contribution in [0.5, 0.6) is 5.75 Å². The molecule has 0 amide bonds. The molecule has 3 aromatic rings. The van der Waals surface area contributed by atoms with Crippen LogP contribution in [-0.4, -0.2) is 56.3 Å². The summed E-state index contributed by atoms with van der Waals surface area (Å²) in [5, 5.41) is 6.67. The lowest BCUT2D eigenvalue weighted by Crippen LogP contribution is -3.14. The second-order valence-corrected chi connectivity index (χ2v) is 7.72. The zero-order valence-corrected chi connectivity index (χ0v) is 16.5. The maximum Gasteiger partial charge on any atom is 0.138 e. The molecular formula is C20H26N5OS+. The Morgan fingerprint density at radius 1 is 1.15 bits per heavy atom. The summed E-state index contributed by atoms with van der Waals surface area (Å²) in [5.74, 6) is 1.87. The molecule has 4 rings (SSSR count). The van der Waals surface area contributed by atoms with Gasteiger partial charge in [0.25, 0.3) is 0 Å². The van der Waals surface area contributed by atoms with E-state index in [1.165, 1.54) is 25.3 Å². The molecule has 0 saturated carbocycles. The number of hydrogen-bond acceptors (Lipinski definition) is 6. The smallest absolute Gasteiger partial charge is 0.138 e. The van der Waals surface area contributed by atoms with Crippen molar-refractivity contribution in [2.75, 3.05) is 56.6 Å². The summed E-state index contributed by atoms with van der Waals surface area (Å²) >= 11 is 1.66. The first kappa shape index (κ1) is 18.0. The van der Waals surface area contributed by atoms with Gasteiger partial charge in [0.1, 0.15) is 22.7 Å². The van der Waals surface area contributed by atoms with Gasteiger partial charge >= 0.3 is 0 Å². The Morgan fingerprint density at radius 2 is 1.96 bits per heavy atom. The van der Waals surface area contributed by atoms with Crippen molar-refractivity contribution < 1.29 is 9.64 Å². The average Bonchev–Trinajstić information content (AvgIpc) is 3.21. The van der Waals surface area contributed by atoms with E-state index < -0.39 is 0 Å². The molecule has 27 heavy (non-hydrogen) atoms. The molecule has 1 saturated heterocycles. The number of anilines is 2. The highest BCUT2D eigenvalue weighted by Crippen LogP contribution is 2.23. The van der Waals surface area contributed by atoms with E-state index in [2.05, 4.69) is 43.8 Å². The third-order valence-corrected chi connectivity index (χ3v) is 5.99. The van der Waals surface area contributed by atoms with E-state index in [0.717, 1.165) is 47.8 Å². The SMILES string of the molecule is COc1ccc(N2CC[NH+](CCCNc3ncnc4sccc34)CC2)cc1. The van der Waals surface area contributed by atoms with E-state index in [4.69, 9.17) is 4.74 Å². The number of benzene rings is 1. The predicted molar refractivity (Wildman–Crippen MR) is 111 cm³/mol. The van der Waals surface area contributed by atoms with Crippen molar-refractivity contribution in [2.24, 2.45) is 0 Å². The highest BCUT2D eigenvalue weighted by Gasteiger charge is 2.19. The highest BCUT2D eigenvalue weighted by atomic mass is 32.1. The Labute approximate surface area is 163 Å². The molecule has 2 aromatic heterocycles. The molecule has 0 spiro atoms. The summed E-state index contributed by atoms with van der Waals surface area (Å²) in [7, 11) is 1.71. The Bertz CT molecular complexity index is 858. The summed E-state index contributed by atoms with van der Waals surface area (Å²) in [5.41, 5.74) is 1.29. The van der Waals surface area contributed by atoms with Gasteiger partial charge in [-0.1, -0.05) is 0 Å². The minimum Gasteiger partial charge on any atom is -0.497 e. The molecule has 0 radical (unpaired) electrons. The molecule has 3 heterocycles. The van der Waals surface area contributed by atoms with E-state index in [1.807, 2.05) is 12.1 Å². The number of methoxy groups -OCH3 is 1. The van der Waals surface area contributed by atoms with E-state index >= 15 is 0 Å². The summed E-state index contributed by atoms with van der Waals surface area (Å²) in [4.78, 5) is 13.9. The fourth-order valence-corrected chi connectivity index (χ4v) is 4.33. The van der Waals surface area contributed by atoms with E-state index in [0.29, 0.717) is 0 Å². The van der Waals surface area contributed by atoms with Crippen LogP contribution in [0.2, 0.25) is 0 Å². The van der Waals surface area contributed by atoms with Gasteiger partial charge in [-0.25, -0.2) is 9.97 Å². The topological polar surface area (TPSA) is 54.7 Å². The maximum absolute atomic E-state index is 5.24. The molecule has 0 aliphatic carbocycles. The highest BCUT2D eigenvalue weighted by molar-refractivity contribution is 7.16. The zero-order chi connectivity index (χ0) is 18.5. The number of hydrogen-bond donors (Lipinski definition) is 2. The summed E-state index contributed by atoms with van der Waals surface area (Å²) in [6.45, 7) is 6.74. The van der Waals surface area contributed by atoms with Crippen LogP contribution in [0, 0.1) is 0 Å². The van der Waals surface area contributed by atoms with Crippen molar-refractivity contribution in [2.45, 2.75) is 6.42 Å². The van der Waals surface area contributed by atoms with Crippen molar-refractivity contribution >= 4 is 33.1 Å². The van der Waals surface area contributed by atoms with Crippen molar-refractivity contribution in [3.63, 3.8) is 0 Å². The summed E-state index contributed by atoms with van der Waals surface area (Å²) < 4.78 is 5.24. The minimum absolute atomic E-state index is 0.916. The van der Waals surface area contributed by atoms with Crippen LogP contribution in [-0.2, 0) is 0 Å². The van der Waals surface area contributed by atoms with Crippen LogP contribution in [0.25, 0.3) is 10.2 Å². The lowest BCUT2D eigenvalue weighted by atomic mass is 10.2. The number of aromatic nitrogens is 2. The molecule has 0 unspecified atom stereocenters. The van der Waals surface area contributed by atoms with Gasteiger partial charge in [0, 0.05) is 18.7 Å². The van der Waals surface area contributed by atoms with Gasteiger partial charge in [-0.2, -0.15) is 0 Å². The largest absolute Gasteiger partial charge is 0.497 e. The summed E-state index contributed by atoms with van der Waals surface area (Å²) in [6.07, 6.45) is 2.79. The predicted octanol–water partition coefficient (Wildman–Crippen LogP) is 1.91. The Hall–Kier alpha value is -2.38. The summed E-state index contributed by atoms with van der Waals surface area (Å²) in [6, 6.07) is 10.5. The molecule has 0 atom stereocenters. The Morgan fingerprint density at radius 3 is 2.74 bits per heavy atom. The second kappa shape index (κ2) is 8.54. The van der Waals surface area contributed by atoms with Crippen LogP contribution in [0.3, 0.4) is 0 Å². The van der Waals surface area contributed by atoms with Crippen LogP contribution >= 0.6 is 11.3 Å². The molecule has 1 aliphatic rings. The van der Waals surface area contributed by atoms with Gasteiger partial charge in [0.05, 0.1) is 45.2 Å². The van der Waals surface area contributed by atoms with Crippen LogP contribution in [0.4, 0.5) is 11.5 Å². The number of rotatable bonds is 7. The van der Waals surface area contributed by atoms with E-state index in [-0.39, 0.29) is 0 Å². The second-order valence-electron chi connectivity index (χ2n) is 6.83. The van der Waals surface area contributed by atoms with Gasteiger partial charge < -0.3 is 19.9 Å². The monoisotopic (exact) mass is 384 g/mol. The molecule has 1 fully saturated rings. The number of thiophene rings is 1. The van der Waals surface area contributed by atoms with E-state index in [9.17, 15) is 0 Å². The maximum atomic E-state index is 5.24. The zero-order valence-electron chi connectivity index (χ0n) is 15.6. The molecule has 6 nitrogen and oxygen atoms in total. The number of nitrogens with one attached hydrogen (secondary N) is 2. The lowest BCUT2D eigenvalue weighted by Gasteiger charge is -2.33. The number of fused-ring (bicyclic) bond motifs is 1. The average molecular weight is 385 g/mol. The molecule has 7 heteroatoms. The number of piperazine rings is 1. The van der Waals surface area contributed by atoms with Crippen molar-refractivity contribution in [3.8, 4) is 5.75 Å². The third-order valence-electron chi connectivity index (χ3n) is 5.17. The molecule has 142 valence electrons. The van der Waals surface area contributed by atoms with Crippen molar-refractivity contribution in [1.29, 1.82) is 0 Å². The standard InChI is InChI=1S/C20H25N5OS/c1-26-17-5-3-16(4-6-17)25-12-10-24(11-13-25)9-2-8-21-19-18-7-14-27-20(18)23-15-22-19/h3-7,14-15H,2,8-13H2,1H3,(H,21,22,23)/p+1. The van der Waals surface area contributed by atoms with Crippen LogP contribution < -0.4 is 19.9 Å². The first-order valence-corrected chi connectivity index (χ1v) is 10.4. The van der Waals surface area contributed by atoms with Gasteiger partial charge in [-0.05, 0) is 35.7 Å².